The molecular formula is C12H22O2. The Balaban J connectivity index is 2.01. The minimum absolute atomic E-state index is 0.0263. The normalized spacial score (nSPS) is 36.4. The Labute approximate surface area is 87.0 Å². The summed E-state index contributed by atoms with van der Waals surface area (Å²) in [5.41, 5.74) is 0.0263. The maximum absolute atomic E-state index is 6.25. The van der Waals surface area contributed by atoms with Crippen molar-refractivity contribution in [3.8, 4) is 0 Å². The highest BCUT2D eigenvalue weighted by Gasteiger charge is 2.41. The molecule has 2 aliphatic rings. The van der Waals surface area contributed by atoms with Crippen LogP contribution in [0.25, 0.3) is 0 Å². The van der Waals surface area contributed by atoms with Gasteiger partial charge in [-0.05, 0) is 25.7 Å². The van der Waals surface area contributed by atoms with Crippen LogP contribution in [0.1, 0.15) is 52.4 Å². The fourth-order valence-corrected chi connectivity index (χ4v) is 2.62. The van der Waals surface area contributed by atoms with Crippen molar-refractivity contribution in [3.05, 3.63) is 0 Å². The molecule has 0 bridgehead atoms. The summed E-state index contributed by atoms with van der Waals surface area (Å²) in [4.78, 5) is 0. The van der Waals surface area contributed by atoms with Crippen LogP contribution in [0.2, 0.25) is 0 Å². The lowest BCUT2D eigenvalue weighted by Gasteiger charge is -2.46. The number of ether oxygens (including phenoxy) is 2. The predicted octanol–water partition coefficient (Wildman–Crippen LogP) is 2.90. The molecule has 0 aromatic carbocycles. The van der Waals surface area contributed by atoms with Crippen molar-refractivity contribution in [2.75, 3.05) is 6.61 Å². The minimum atomic E-state index is 0.0263. The summed E-state index contributed by atoms with van der Waals surface area (Å²) in [5, 5.41) is 0. The zero-order valence-corrected chi connectivity index (χ0v) is 9.42. The Kier molecular flexibility index (Phi) is 3.13. The molecule has 1 heterocycles. The quantitative estimate of drug-likeness (QED) is 0.679. The van der Waals surface area contributed by atoms with Crippen LogP contribution in [0.5, 0.6) is 0 Å². The first kappa shape index (κ1) is 10.4. The van der Waals surface area contributed by atoms with E-state index in [0.29, 0.717) is 12.2 Å². The van der Waals surface area contributed by atoms with Crippen molar-refractivity contribution in [2.24, 2.45) is 0 Å². The Bertz CT molecular complexity index is 187. The highest BCUT2D eigenvalue weighted by atomic mass is 16.6. The molecule has 0 aromatic heterocycles. The maximum Gasteiger partial charge on any atom is 0.0914 e. The molecule has 1 aliphatic heterocycles. The highest BCUT2D eigenvalue weighted by molar-refractivity contribution is 4.89. The molecule has 0 N–H and O–H groups in total. The lowest BCUT2D eigenvalue weighted by molar-refractivity contribution is -0.243. The molecule has 1 saturated heterocycles. The molecule has 2 rings (SSSR count). The van der Waals surface area contributed by atoms with Crippen LogP contribution in [-0.2, 0) is 9.47 Å². The fraction of sp³-hybridized carbons (Fsp3) is 1.00. The summed E-state index contributed by atoms with van der Waals surface area (Å²) in [5.74, 6) is 0. The van der Waals surface area contributed by atoms with Gasteiger partial charge in [0.2, 0.25) is 0 Å². The Hall–Kier alpha value is -0.0800. The first-order valence-electron chi connectivity index (χ1n) is 6.09. The van der Waals surface area contributed by atoms with Crippen molar-refractivity contribution in [3.63, 3.8) is 0 Å². The first-order valence-corrected chi connectivity index (χ1v) is 6.09. The zero-order chi connectivity index (χ0) is 10.0. The van der Waals surface area contributed by atoms with Crippen LogP contribution in [-0.4, -0.2) is 24.4 Å². The van der Waals surface area contributed by atoms with Gasteiger partial charge in [0.25, 0.3) is 0 Å². The van der Waals surface area contributed by atoms with E-state index in [1.54, 1.807) is 0 Å². The molecule has 1 saturated carbocycles. The molecule has 2 fully saturated rings. The maximum atomic E-state index is 6.25. The number of hydrogen-bond donors (Lipinski definition) is 0. The largest absolute Gasteiger partial charge is 0.373 e. The standard InChI is InChI=1S/C12H22O2/c1-3-12(4-2)9-13-10-7-5-6-8-11(10)14-12/h10-11H,3-9H2,1-2H3. The summed E-state index contributed by atoms with van der Waals surface area (Å²) in [6.07, 6.45) is 7.97. The molecular weight excluding hydrogens is 176 g/mol. The molecule has 2 heteroatoms. The average Bonchev–Trinajstić information content (AvgIpc) is 2.28. The fourth-order valence-electron chi connectivity index (χ4n) is 2.62. The molecule has 82 valence electrons. The van der Waals surface area contributed by atoms with Gasteiger partial charge in [-0.1, -0.05) is 26.7 Å². The molecule has 0 radical (unpaired) electrons. The van der Waals surface area contributed by atoms with Gasteiger partial charge in [0, 0.05) is 0 Å². The Morgan fingerprint density at radius 2 is 1.71 bits per heavy atom. The summed E-state index contributed by atoms with van der Waals surface area (Å²) < 4.78 is 12.2. The molecule has 0 spiro atoms. The highest BCUT2D eigenvalue weighted by Crippen LogP contribution is 2.35. The van der Waals surface area contributed by atoms with E-state index in [9.17, 15) is 0 Å². The van der Waals surface area contributed by atoms with Crippen LogP contribution in [0.15, 0.2) is 0 Å². The summed E-state index contributed by atoms with van der Waals surface area (Å²) in [6, 6.07) is 0. The summed E-state index contributed by atoms with van der Waals surface area (Å²) in [6.45, 7) is 5.22. The van der Waals surface area contributed by atoms with Crippen LogP contribution >= 0.6 is 0 Å². The van der Waals surface area contributed by atoms with Crippen LogP contribution in [0.4, 0.5) is 0 Å². The van der Waals surface area contributed by atoms with E-state index in [1.807, 2.05) is 0 Å². The van der Waals surface area contributed by atoms with E-state index in [0.717, 1.165) is 19.4 Å². The number of fused-ring (bicyclic) bond motifs is 1. The van der Waals surface area contributed by atoms with E-state index in [4.69, 9.17) is 9.47 Å². The third kappa shape index (κ3) is 1.82. The third-order valence-corrected chi connectivity index (χ3v) is 3.89. The van der Waals surface area contributed by atoms with Gasteiger partial charge in [0.05, 0.1) is 24.4 Å². The topological polar surface area (TPSA) is 18.5 Å². The molecule has 2 atom stereocenters. The second kappa shape index (κ2) is 4.19. The van der Waals surface area contributed by atoms with Crippen LogP contribution in [0.3, 0.4) is 0 Å². The van der Waals surface area contributed by atoms with Crippen molar-refractivity contribution in [2.45, 2.75) is 70.2 Å². The minimum Gasteiger partial charge on any atom is -0.373 e. The molecule has 2 nitrogen and oxygen atoms in total. The van der Waals surface area contributed by atoms with Crippen molar-refractivity contribution >= 4 is 0 Å². The first-order chi connectivity index (χ1) is 6.79. The molecule has 0 aromatic rings. The number of hydrogen-bond acceptors (Lipinski definition) is 2. The van der Waals surface area contributed by atoms with Gasteiger partial charge in [0.15, 0.2) is 0 Å². The molecule has 1 aliphatic carbocycles. The molecule has 0 amide bonds. The van der Waals surface area contributed by atoms with Crippen molar-refractivity contribution in [1.29, 1.82) is 0 Å². The summed E-state index contributed by atoms with van der Waals surface area (Å²) >= 11 is 0. The van der Waals surface area contributed by atoms with Gasteiger partial charge in [-0.25, -0.2) is 0 Å². The van der Waals surface area contributed by atoms with E-state index < -0.39 is 0 Å². The third-order valence-electron chi connectivity index (χ3n) is 3.89. The van der Waals surface area contributed by atoms with Gasteiger partial charge in [-0.3, -0.25) is 0 Å². The van der Waals surface area contributed by atoms with Gasteiger partial charge in [-0.15, -0.1) is 0 Å². The van der Waals surface area contributed by atoms with E-state index in [-0.39, 0.29) is 5.60 Å². The van der Waals surface area contributed by atoms with Crippen molar-refractivity contribution < 1.29 is 9.47 Å². The SMILES string of the molecule is CCC1(CC)COC2CCCCC2O1. The Morgan fingerprint density at radius 1 is 1.07 bits per heavy atom. The van der Waals surface area contributed by atoms with Gasteiger partial charge >= 0.3 is 0 Å². The summed E-state index contributed by atoms with van der Waals surface area (Å²) in [7, 11) is 0. The zero-order valence-electron chi connectivity index (χ0n) is 9.42. The predicted molar refractivity (Wildman–Crippen MR) is 56.4 cm³/mol. The smallest absolute Gasteiger partial charge is 0.0914 e. The van der Waals surface area contributed by atoms with E-state index in [2.05, 4.69) is 13.8 Å². The van der Waals surface area contributed by atoms with Gasteiger partial charge in [-0.2, -0.15) is 0 Å². The monoisotopic (exact) mass is 198 g/mol. The van der Waals surface area contributed by atoms with Crippen LogP contribution < -0.4 is 0 Å². The molecule has 2 unspecified atom stereocenters. The van der Waals surface area contributed by atoms with Crippen LogP contribution in [0, 0.1) is 0 Å². The average molecular weight is 198 g/mol. The van der Waals surface area contributed by atoms with E-state index >= 15 is 0 Å². The second-order valence-electron chi connectivity index (χ2n) is 4.68. The van der Waals surface area contributed by atoms with Gasteiger partial charge < -0.3 is 9.47 Å². The van der Waals surface area contributed by atoms with E-state index in [1.165, 1.54) is 25.7 Å². The lowest BCUT2D eigenvalue weighted by atomic mass is 9.89. The Morgan fingerprint density at radius 3 is 2.36 bits per heavy atom. The van der Waals surface area contributed by atoms with Gasteiger partial charge in [0.1, 0.15) is 0 Å². The number of rotatable bonds is 2. The molecule has 14 heavy (non-hydrogen) atoms. The lowest BCUT2D eigenvalue weighted by Crippen LogP contribution is -2.52. The van der Waals surface area contributed by atoms with Crippen molar-refractivity contribution in [1.82, 2.24) is 0 Å². The second-order valence-corrected chi connectivity index (χ2v) is 4.68.